The third kappa shape index (κ3) is 10.4. The van der Waals surface area contributed by atoms with Gasteiger partial charge < -0.3 is 42.4 Å². The van der Waals surface area contributed by atoms with Gasteiger partial charge in [0.05, 0.1) is 13.2 Å². The second kappa shape index (κ2) is 15.8. The molecule has 0 spiro atoms. The zero-order valence-electron chi connectivity index (χ0n) is 26.3. The molecule has 2 aromatic rings. The molecule has 42 heavy (non-hydrogen) atoms. The van der Waals surface area contributed by atoms with Gasteiger partial charge in [-0.15, -0.1) is 0 Å². The van der Waals surface area contributed by atoms with Crippen LogP contribution in [0.2, 0.25) is 64.5 Å². The lowest BCUT2D eigenvalue weighted by atomic mass is 10.1. The molecule has 0 radical (unpaired) electrons. The van der Waals surface area contributed by atoms with Crippen LogP contribution in [0.4, 0.5) is 0 Å². The molecule has 2 heterocycles. The summed E-state index contributed by atoms with van der Waals surface area (Å²) in [4.78, 5) is 0. The monoisotopic (exact) mass is 720 g/mol. The van der Waals surface area contributed by atoms with E-state index in [1.165, 1.54) is 0 Å². The lowest BCUT2D eigenvalue weighted by Crippen LogP contribution is -2.53. The molecule has 0 N–H and O–H groups in total. The second-order valence-corrected chi connectivity index (χ2v) is 31.7. The normalized spacial score (nSPS) is 34.7. The first-order valence-electron chi connectivity index (χ1n) is 15.0. The summed E-state index contributed by atoms with van der Waals surface area (Å²) in [6.07, 6.45) is 1.69. The fraction of sp³-hybridized carbons (Fsp3) is 0.583. The van der Waals surface area contributed by atoms with E-state index in [1.807, 2.05) is 24.3 Å². The van der Waals surface area contributed by atoms with Gasteiger partial charge in [-0.3, -0.25) is 0 Å². The Labute approximate surface area is 263 Å². The molecule has 0 aliphatic carbocycles. The number of benzene rings is 2. The molecule has 0 aromatic heterocycles. The van der Waals surface area contributed by atoms with Gasteiger partial charge in [0, 0.05) is 10.8 Å². The Morgan fingerprint density at radius 1 is 0.524 bits per heavy atom. The fourth-order valence-corrected chi connectivity index (χ4v) is 34.9. The van der Waals surface area contributed by atoms with Crippen molar-refractivity contribution in [1.29, 1.82) is 0 Å². The number of fused-ring (bicyclic) bond motifs is 1. The van der Waals surface area contributed by atoms with Crippen LogP contribution in [0.15, 0.2) is 36.4 Å². The van der Waals surface area contributed by atoms with E-state index in [4.69, 9.17) is 42.4 Å². The van der Waals surface area contributed by atoms with Crippen molar-refractivity contribution < 1.29 is 42.4 Å². The molecule has 0 amide bonds. The van der Waals surface area contributed by atoms with Crippen LogP contribution in [0, 0.1) is 0 Å². The van der Waals surface area contributed by atoms with Crippen LogP contribution >= 0.6 is 0 Å². The van der Waals surface area contributed by atoms with E-state index in [-0.39, 0.29) is 0 Å². The summed E-state index contributed by atoms with van der Waals surface area (Å²) >= 11 is 0. The molecule has 2 saturated heterocycles. The van der Waals surface area contributed by atoms with Crippen LogP contribution in [0.5, 0.6) is 11.5 Å². The van der Waals surface area contributed by atoms with Gasteiger partial charge in [0.25, 0.3) is 55.7 Å². The highest BCUT2D eigenvalue weighted by Gasteiger charge is 2.40. The lowest BCUT2D eigenvalue weighted by molar-refractivity contribution is 0.264. The summed E-state index contributed by atoms with van der Waals surface area (Å²) in [5.74, 6) is 1.71. The van der Waals surface area contributed by atoms with Gasteiger partial charge in [0.2, 0.25) is 0 Å². The molecule has 4 rings (SSSR count). The van der Waals surface area contributed by atoms with Crippen LogP contribution in [0.1, 0.15) is 12.8 Å². The molecular formula is C24H48O10Si8. The van der Waals surface area contributed by atoms with E-state index in [0.717, 1.165) is 47.2 Å². The van der Waals surface area contributed by atoms with E-state index >= 15 is 0 Å². The molecule has 236 valence electrons. The first kappa shape index (κ1) is 34.6. The number of hydrogen-bond donors (Lipinski definition) is 0. The van der Waals surface area contributed by atoms with Gasteiger partial charge >= 0.3 is 17.1 Å². The molecule has 2 aromatic carbocycles. The third-order valence-electron chi connectivity index (χ3n) is 7.10. The maximum atomic E-state index is 6.41. The van der Waals surface area contributed by atoms with Crippen molar-refractivity contribution in [3.8, 4) is 11.5 Å². The fourth-order valence-electron chi connectivity index (χ4n) is 5.60. The third-order valence-corrected chi connectivity index (χ3v) is 35.2. The Balaban J connectivity index is 1.30. The topological polar surface area (TPSA) is 92.3 Å². The Bertz CT molecular complexity index is 1040. The highest BCUT2D eigenvalue weighted by molar-refractivity contribution is 6.82. The van der Waals surface area contributed by atoms with Crippen LogP contribution in [0.3, 0.4) is 0 Å². The molecule has 0 bridgehead atoms. The van der Waals surface area contributed by atoms with E-state index in [2.05, 4.69) is 64.5 Å². The van der Waals surface area contributed by atoms with E-state index in [9.17, 15) is 0 Å². The molecule has 4 atom stereocenters. The summed E-state index contributed by atoms with van der Waals surface area (Å²) in [6.45, 7) is 17.8. The van der Waals surface area contributed by atoms with Crippen molar-refractivity contribution in [2.24, 2.45) is 0 Å². The highest BCUT2D eigenvalue weighted by Crippen LogP contribution is 2.34. The van der Waals surface area contributed by atoms with Gasteiger partial charge in [0.15, 0.2) is 0 Å². The van der Waals surface area contributed by atoms with Crippen LogP contribution in [-0.2, 0) is 32.9 Å². The molecule has 18 heteroatoms. The minimum absolute atomic E-state index is 0.583. The van der Waals surface area contributed by atoms with E-state index in [1.54, 1.807) is 0 Å². The van der Waals surface area contributed by atoms with Crippen LogP contribution in [-0.4, -0.2) is 86.0 Å². The molecule has 0 saturated carbocycles. The van der Waals surface area contributed by atoms with Gasteiger partial charge in [-0.05, 0) is 89.4 Å². The zero-order valence-corrected chi connectivity index (χ0v) is 35.2. The van der Waals surface area contributed by atoms with E-state index in [0.29, 0.717) is 13.2 Å². The highest BCUT2D eigenvalue weighted by atomic mass is 28.5. The van der Waals surface area contributed by atoms with Crippen molar-refractivity contribution in [2.45, 2.75) is 77.3 Å². The number of rotatable bonds is 10. The Morgan fingerprint density at radius 3 is 1.19 bits per heavy atom. The zero-order chi connectivity index (χ0) is 30.3. The summed E-state index contributed by atoms with van der Waals surface area (Å²) in [7, 11) is -14.9. The molecule has 2 aliphatic rings. The minimum Gasteiger partial charge on any atom is -0.493 e. The maximum Gasteiger partial charge on any atom is 0.317 e. The minimum atomic E-state index is -2.36. The summed E-state index contributed by atoms with van der Waals surface area (Å²) in [5, 5.41) is 2.08. The first-order chi connectivity index (χ1) is 19.9. The largest absolute Gasteiger partial charge is 0.493 e. The molecule has 2 aliphatic heterocycles. The van der Waals surface area contributed by atoms with Gasteiger partial charge in [-0.1, -0.05) is 24.3 Å². The lowest BCUT2D eigenvalue weighted by Gasteiger charge is -2.37. The molecule has 2 fully saturated rings. The predicted octanol–water partition coefficient (Wildman–Crippen LogP) is 3.78. The number of ether oxygens (including phenoxy) is 2. The summed E-state index contributed by atoms with van der Waals surface area (Å²) < 4.78 is 62.4. The average molecular weight is 721 g/mol. The Kier molecular flexibility index (Phi) is 13.0. The van der Waals surface area contributed by atoms with Crippen molar-refractivity contribution >= 4 is 83.6 Å². The van der Waals surface area contributed by atoms with Gasteiger partial charge in [-0.25, -0.2) is 0 Å². The smallest absolute Gasteiger partial charge is 0.317 e. The van der Waals surface area contributed by atoms with Crippen molar-refractivity contribution in [3.63, 3.8) is 0 Å². The Morgan fingerprint density at radius 2 is 0.857 bits per heavy atom. The molecule has 4 unspecified atom stereocenters. The van der Waals surface area contributed by atoms with Crippen molar-refractivity contribution in [2.75, 3.05) is 13.2 Å². The average Bonchev–Trinajstić information content (AvgIpc) is 2.87. The summed E-state index contributed by atoms with van der Waals surface area (Å²) in [6, 6.07) is 13.9. The van der Waals surface area contributed by atoms with Gasteiger partial charge in [-0.2, -0.15) is 0 Å². The SMILES string of the molecule is C[SiH]1O[SiH](C)O[Si](C)(CCCOc2ccc(OCCC[Si]3(C)O[SiH](C)O[SiH](C)O[SiH](C)O3)c3ccccc23)O[SiH](C)O1. The first-order valence-corrected chi connectivity index (χ1v) is 32.7. The van der Waals surface area contributed by atoms with Gasteiger partial charge in [0.1, 0.15) is 11.5 Å². The quantitative estimate of drug-likeness (QED) is 0.267. The van der Waals surface area contributed by atoms with Crippen molar-refractivity contribution in [3.05, 3.63) is 36.4 Å². The number of hydrogen-bond acceptors (Lipinski definition) is 10. The predicted molar refractivity (Wildman–Crippen MR) is 184 cm³/mol. The van der Waals surface area contributed by atoms with Crippen molar-refractivity contribution in [1.82, 2.24) is 0 Å². The van der Waals surface area contributed by atoms with E-state index < -0.39 is 72.8 Å². The Hall–Kier alpha value is -0.285. The molecule has 10 nitrogen and oxygen atoms in total. The van der Waals surface area contributed by atoms with Crippen LogP contribution in [0.25, 0.3) is 10.8 Å². The summed E-state index contributed by atoms with van der Waals surface area (Å²) in [5.41, 5.74) is 0. The maximum absolute atomic E-state index is 6.41. The second-order valence-electron chi connectivity index (χ2n) is 11.2. The molecular weight excluding hydrogens is 673 g/mol. The standard InChI is InChI=1S/C24H48O10Si8/c1-35-27-37(3)31-41(7,32-38(4)28-35)19-11-17-25-23-15-16-24(22-14-10-9-13-21(22)23)26-18-12-20-42(8)33-39(5)29-36(2)30-40(6)34-42/h9-10,13-16,35-40H,11-12,17-20H2,1-8H3. The van der Waals surface area contributed by atoms with Crippen LogP contribution < -0.4 is 9.47 Å².